The van der Waals surface area contributed by atoms with Crippen LogP contribution in [0.4, 0.5) is 5.69 Å². The van der Waals surface area contributed by atoms with Crippen molar-refractivity contribution in [2.45, 2.75) is 9.79 Å². The van der Waals surface area contributed by atoms with Gasteiger partial charge in [-0.1, -0.05) is 27.7 Å². The summed E-state index contributed by atoms with van der Waals surface area (Å²) >= 11 is 4.74. The second-order valence-corrected chi connectivity index (χ2v) is 5.68. The van der Waals surface area contributed by atoms with E-state index in [9.17, 15) is 14.9 Å². The van der Waals surface area contributed by atoms with E-state index >= 15 is 0 Å². The number of halogens is 1. The summed E-state index contributed by atoms with van der Waals surface area (Å²) in [5, 5.41) is 10.6. The second-order valence-electron chi connectivity index (χ2n) is 3.65. The van der Waals surface area contributed by atoms with Gasteiger partial charge >= 0.3 is 0 Å². The number of rotatable bonds is 4. The molecule has 0 N–H and O–H groups in total. The van der Waals surface area contributed by atoms with Gasteiger partial charge in [-0.3, -0.25) is 14.9 Å². The van der Waals surface area contributed by atoms with Crippen LogP contribution >= 0.6 is 27.7 Å². The molecule has 0 heterocycles. The van der Waals surface area contributed by atoms with Crippen LogP contribution in [-0.2, 0) is 0 Å². The predicted octanol–water partition coefficient (Wildman–Crippen LogP) is 4.32. The van der Waals surface area contributed by atoms with Crippen LogP contribution in [0.2, 0.25) is 0 Å². The summed E-state index contributed by atoms with van der Waals surface area (Å²) in [6.07, 6.45) is 0.792. The fraction of sp³-hybridized carbons (Fsp3) is 0. The van der Waals surface area contributed by atoms with Crippen molar-refractivity contribution in [3.05, 3.63) is 62.6 Å². The van der Waals surface area contributed by atoms with Gasteiger partial charge in [-0.15, -0.1) is 0 Å². The molecule has 0 aliphatic rings. The minimum atomic E-state index is -0.440. The number of nitro benzene ring substituents is 1. The number of nitro groups is 1. The molecule has 4 nitrogen and oxygen atoms in total. The molecule has 0 amide bonds. The van der Waals surface area contributed by atoms with Crippen molar-refractivity contribution in [1.82, 2.24) is 0 Å². The predicted molar refractivity (Wildman–Crippen MR) is 76.7 cm³/mol. The minimum Gasteiger partial charge on any atom is -0.298 e. The third-order valence-corrected chi connectivity index (χ3v) is 3.95. The Bertz CT molecular complexity index is 628. The van der Waals surface area contributed by atoms with Gasteiger partial charge in [-0.05, 0) is 30.3 Å². The van der Waals surface area contributed by atoms with Crippen LogP contribution in [0.15, 0.2) is 56.7 Å². The molecule has 0 aliphatic heterocycles. The van der Waals surface area contributed by atoms with Crippen molar-refractivity contribution in [2.75, 3.05) is 0 Å². The number of non-ortho nitro benzene ring substituents is 1. The van der Waals surface area contributed by atoms with Crippen molar-refractivity contribution in [1.29, 1.82) is 0 Å². The van der Waals surface area contributed by atoms with Crippen molar-refractivity contribution < 1.29 is 9.72 Å². The zero-order valence-electron chi connectivity index (χ0n) is 9.58. The zero-order chi connectivity index (χ0) is 13.8. The third-order valence-electron chi connectivity index (χ3n) is 2.38. The standard InChI is InChI=1S/C13H8BrNO3S/c14-10-2-1-9(8-16)13(7-10)19-12-5-3-11(4-6-12)15(17)18/h1-8H. The number of carbonyl (C=O) groups is 1. The summed E-state index contributed by atoms with van der Waals surface area (Å²) in [5.74, 6) is 0. The third kappa shape index (κ3) is 3.42. The molecule has 0 saturated carbocycles. The lowest BCUT2D eigenvalue weighted by Gasteiger charge is -2.05. The molecule has 19 heavy (non-hydrogen) atoms. The van der Waals surface area contributed by atoms with Crippen LogP contribution in [-0.4, -0.2) is 11.2 Å². The maximum Gasteiger partial charge on any atom is 0.269 e. The molecular weight excluding hydrogens is 330 g/mol. The van der Waals surface area contributed by atoms with E-state index in [1.807, 2.05) is 6.07 Å². The highest BCUT2D eigenvalue weighted by atomic mass is 79.9. The molecular formula is C13H8BrNO3S. The van der Waals surface area contributed by atoms with Gasteiger partial charge in [-0.25, -0.2) is 0 Å². The van der Waals surface area contributed by atoms with Crippen LogP contribution in [0.25, 0.3) is 0 Å². The quantitative estimate of drug-likeness (QED) is 0.473. The smallest absolute Gasteiger partial charge is 0.269 e. The fourth-order valence-electron chi connectivity index (χ4n) is 1.46. The number of nitrogens with zero attached hydrogens (tertiary/aromatic N) is 1. The highest BCUT2D eigenvalue weighted by Crippen LogP contribution is 2.32. The van der Waals surface area contributed by atoms with E-state index in [0.717, 1.165) is 20.5 Å². The van der Waals surface area contributed by atoms with E-state index in [0.29, 0.717) is 5.56 Å². The highest BCUT2D eigenvalue weighted by Gasteiger charge is 2.07. The highest BCUT2D eigenvalue weighted by molar-refractivity contribution is 9.10. The molecule has 2 rings (SSSR count). The first kappa shape index (κ1) is 13.8. The summed E-state index contributed by atoms with van der Waals surface area (Å²) in [5.41, 5.74) is 0.640. The Morgan fingerprint density at radius 2 is 1.84 bits per heavy atom. The van der Waals surface area contributed by atoms with Crippen molar-refractivity contribution in [3.8, 4) is 0 Å². The SMILES string of the molecule is O=Cc1ccc(Br)cc1Sc1ccc([N+](=O)[O-])cc1. The summed E-state index contributed by atoms with van der Waals surface area (Å²) < 4.78 is 0.877. The Morgan fingerprint density at radius 3 is 2.42 bits per heavy atom. The van der Waals surface area contributed by atoms with Gasteiger partial charge in [0.05, 0.1) is 4.92 Å². The molecule has 96 valence electrons. The molecule has 0 spiro atoms. The van der Waals surface area contributed by atoms with Crippen LogP contribution < -0.4 is 0 Å². The number of carbonyl (C=O) groups excluding carboxylic acids is 1. The fourth-order valence-corrected chi connectivity index (χ4v) is 2.92. The number of hydrogen-bond acceptors (Lipinski definition) is 4. The molecule has 0 bridgehead atoms. The summed E-state index contributed by atoms with van der Waals surface area (Å²) in [7, 11) is 0. The molecule has 0 aliphatic carbocycles. The van der Waals surface area contributed by atoms with Gasteiger partial charge in [0, 0.05) is 32.0 Å². The first-order valence-electron chi connectivity index (χ1n) is 5.27. The van der Waals surface area contributed by atoms with Crippen molar-refractivity contribution in [3.63, 3.8) is 0 Å². The molecule has 0 unspecified atom stereocenters. The Kier molecular flexibility index (Phi) is 4.34. The molecule has 0 atom stereocenters. The molecule has 0 saturated heterocycles. The normalized spacial score (nSPS) is 10.2. The first-order chi connectivity index (χ1) is 9.10. The maximum atomic E-state index is 11.0. The van der Waals surface area contributed by atoms with E-state index in [4.69, 9.17) is 0 Å². The van der Waals surface area contributed by atoms with Crippen molar-refractivity contribution in [2.24, 2.45) is 0 Å². The Balaban J connectivity index is 2.28. The van der Waals surface area contributed by atoms with E-state index < -0.39 is 4.92 Å². The van der Waals surface area contributed by atoms with Crippen LogP contribution in [0.1, 0.15) is 10.4 Å². The first-order valence-corrected chi connectivity index (χ1v) is 6.88. The van der Waals surface area contributed by atoms with Crippen LogP contribution in [0, 0.1) is 10.1 Å². The van der Waals surface area contributed by atoms with Crippen LogP contribution in [0.3, 0.4) is 0 Å². The summed E-state index contributed by atoms with van der Waals surface area (Å²) in [4.78, 5) is 22.7. The maximum absolute atomic E-state index is 11.0. The zero-order valence-corrected chi connectivity index (χ0v) is 12.0. The Labute approximate surface area is 122 Å². The molecule has 0 radical (unpaired) electrons. The number of hydrogen-bond donors (Lipinski definition) is 0. The lowest BCUT2D eigenvalue weighted by atomic mass is 10.2. The van der Waals surface area contributed by atoms with Crippen molar-refractivity contribution >= 4 is 39.7 Å². The van der Waals surface area contributed by atoms with Gasteiger partial charge in [0.1, 0.15) is 0 Å². The van der Waals surface area contributed by atoms with Crippen LogP contribution in [0.5, 0.6) is 0 Å². The van der Waals surface area contributed by atoms with Gasteiger partial charge in [0.15, 0.2) is 6.29 Å². The number of benzene rings is 2. The molecule has 2 aromatic carbocycles. The Hall–Kier alpha value is -1.66. The molecule has 0 aromatic heterocycles. The topological polar surface area (TPSA) is 60.2 Å². The lowest BCUT2D eigenvalue weighted by Crippen LogP contribution is -1.87. The van der Waals surface area contributed by atoms with Gasteiger partial charge in [-0.2, -0.15) is 0 Å². The van der Waals surface area contributed by atoms with E-state index in [1.165, 1.54) is 23.9 Å². The minimum absolute atomic E-state index is 0.0502. The largest absolute Gasteiger partial charge is 0.298 e. The molecule has 6 heteroatoms. The van der Waals surface area contributed by atoms with Gasteiger partial charge < -0.3 is 0 Å². The summed E-state index contributed by atoms with van der Waals surface area (Å²) in [6, 6.07) is 11.6. The average molecular weight is 338 g/mol. The average Bonchev–Trinajstić information content (AvgIpc) is 2.39. The second kappa shape index (κ2) is 5.99. The molecule has 2 aromatic rings. The van der Waals surface area contributed by atoms with E-state index in [2.05, 4.69) is 15.9 Å². The summed E-state index contributed by atoms with van der Waals surface area (Å²) in [6.45, 7) is 0. The van der Waals surface area contributed by atoms with E-state index in [-0.39, 0.29) is 5.69 Å². The number of aldehydes is 1. The lowest BCUT2D eigenvalue weighted by molar-refractivity contribution is -0.384. The molecule has 0 fully saturated rings. The Morgan fingerprint density at radius 1 is 1.16 bits per heavy atom. The monoisotopic (exact) mass is 337 g/mol. The van der Waals surface area contributed by atoms with E-state index in [1.54, 1.807) is 24.3 Å². The van der Waals surface area contributed by atoms with Gasteiger partial charge in [0.25, 0.3) is 5.69 Å². The van der Waals surface area contributed by atoms with Gasteiger partial charge in [0.2, 0.25) is 0 Å².